The molecule has 3 N–H and O–H groups in total. The van der Waals surface area contributed by atoms with Gasteiger partial charge in [0.25, 0.3) is 0 Å². The van der Waals surface area contributed by atoms with E-state index >= 15 is 0 Å². The van der Waals surface area contributed by atoms with Crippen LogP contribution in [0.5, 0.6) is 0 Å². The summed E-state index contributed by atoms with van der Waals surface area (Å²) in [6, 6.07) is 3.73. The van der Waals surface area contributed by atoms with Crippen LogP contribution in [0.15, 0.2) is 24.5 Å². The molecule has 0 aromatic carbocycles. The molecular weight excluding hydrogens is 220 g/mol. The summed E-state index contributed by atoms with van der Waals surface area (Å²) in [6.45, 7) is 1.14. The minimum absolute atomic E-state index is 0.0510. The second-order valence-corrected chi connectivity index (χ2v) is 4.29. The lowest BCUT2D eigenvalue weighted by Gasteiger charge is -2.20. The molecule has 0 bridgehead atoms. The van der Waals surface area contributed by atoms with Gasteiger partial charge in [-0.2, -0.15) is 0 Å². The Kier molecular flexibility index (Phi) is 5.06. The largest absolute Gasteiger partial charge is 0.393 e. The average molecular weight is 238 g/mol. The van der Waals surface area contributed by atoms with Gasteiger partial charge in [-0.1, -0.05) is 6.07 Å². The lowest BCUT2D eigenvalue weighted by Crippen LogP contribution is -2.43. The number of aliphatic hydroxyl groups excluding tert-OH is 1. The van der Waals surface area contributed by atoms with E-state index in [1.165, 1.54) is 6.92 Å². The maximum absolute atomic E-state index is 11.5. The van der Waals surface area contributed by atoms with Crippen LogP contribution in [0, 0.1) is 0 Å². The third-order valence-corrected chi connectivity index (χ3v) is 2.37. The second-order valence-electron chi connectivity index (χ2n) is 4.29. The van der Waals surface area contributed by atoms with Crippen molar-refractivity contribution in [2.75, 3.05) is 13.2 Å². The van der Waals surface area contributed by atoms with Crippen LogP contribution in [-0.4, -0.2) is 39.9 Å². The minimum atomic E-state index is -1.26. The predicted molar refractivity (Wildman–Crippen MR) is 63.3 cm³/mol. The number of nitrogens with zero attached hydrogens (tertiary/aromatic N) is 1. The first kappa shape index (κ1) is 13.6. The molecule has 1 aromatic heterocycles. The number of amides is 1. The van der Waals surface area contributed by atoms with Crippen molar-refractivity contribution in [3.8, 4) is 0 Å². The highest BCUT2D eigenvalue weighted by Crippen LogP contribution is 2.02. The van der Waals surface area contributed by atoms with E-state index in [1.54, 1.807) is 12.4 Å². The fourth-order valence-electron chi connectivity index (χ4n) is 1.24. The van der Waals surface area contributed by atoms with Crippen molar-refractivity contribution < 1.29 is 15.0 Å². The third-order valence-electron chi connectivity index (χ3n) is 2.37. The Morgan fingerprint density at radius 1 is 1.59 bits per heavy atom. The zero-order valence-electron chi connectivity index (χ0n) is 9.89. The van der Waals surface area contributed by atoms with Crippen molar-refractivity contribution in [1.82, 2.24) is 10.3 Å². The van der Waals surface area contributed by atoms with Crippen LogP contribution in [0.2, 0.25) is 0 Å². The first-order chi connectivity index (χ1) is 8.03. The summed E-state index contributed by atoms with van der Waals surface area (Å²) in [4.78, 5) is 15.4. The molecule has 1 unspecified atom stereocenters. The quantitative estimate of drug-likeness (QED) is 0.645. The number of aryl methyl sites for hydroxylation is 1. The molecule has 0 aliphatic rings. The maximum Gasteiger partial charge on any atom is 0.220 e. The van der Waals surface area contributed by atoms with E-state index in [1.807, 2.05) is 12.1 Å². The van der Waals surface area contributed by atoms with E-state index < -0.39 is 5.60 Å². The number of rotatable bonds is 6. The number of aliphatic hydroxyl groups is 2. The summed E-state index contributed by atoms with van der Waals surface area (Å²) < 4.78 is 0. The number of carbonyl (C=O) groups is 1. The number of aromatic nitrogens is 1. The maximum atomic E-state index is 11.5. The summed E-state index contributed by atoms with van der Waals surface area (Å²) in [7, 11) is 0. The van der Waals surface area contributed by atoms with Gasteiger partial charge in [0.1, 0.15) is 5.60 Å². The molecule has 1 aromatic rings. The lowest BCUT2D eigenvalue weighted by atomic mass is 10.1. The van der Waals surface area contributed by atoms with Gasteiger partial charge >= 0.3 is 0 Å². The molecule has 0 spiro atoms. The van der Waals surface area contributed by atoms with E-state index in [9.17, 15) is 9.90 Å². The van der Waals surface area contributed by atoms with E-state index in [4.69, 9.17) is 5.11 Å². The highest BCUT2D eigenvalue weighted by atomic mass is 16.3. The lowest BCUT2D eigenvalue weighted by molar-refractivity contribution is -0.122. The number of pyridine rings is 1. The van der Waals surface area contributed by atoms with Crippen molar-refractivity contribution in [3.63, 3.8) is 0 Å². The Hall–Kier alpha value is -1.46. The number of hydrogen-bond donors (Lipinski definition) is 3. The fourth-order valence-corrected chi connectivity index (χ4v) is 1.24. The highest BCUT2D eigenvalue weighted by Gasteiger charge is 2.19. The molecule has 5 heteroatoms. The van der Waals surface area contributed by atoms with E-state index in [0.717, 1.165) is 5.56 Å². The first-order valence-electron chi connectivity index (χ1n) is 5.52. The second kappa shape index (κ2) is 6.32. The van der Waals surface area contributed by atoms with Gasteiger partial charge in [-0.15, -0.1) is 0 Å². The fraction of sp³-hybridized carbons (Fsp3) is 0.500. The SMILES string of the molecule is CC(O)(CO)CNC(=O)CCc1cccnc1. The summed E-state index contributed by atoms with van der Waals surface area (Å²) in [5.74, 6) is -0.150. The van der Waals surface area contributed by atoms with Crippen LogP contribution in [0.25, 0.3) is 0 Å². The summed E-state index contributed by atoms with van der Waals surface area (Å²) >= 11 is 0. The molecule has 0 aliphatic carbocycles. The molecule has 1 atom stereocenters. The van der Waals surface area contributed by atoms with E-state index in [2.05, 4.69) is 10.3 Å². The molecule has 0 radical (unpaired) electrons. The van der Waals surface area contributed by atoms with Gasteiger partial charge in [0.05, 0.1) is 6.61 Å². The van der Waals surface area contributed by atoms with Crippen LogP contribution in [-0.2, 0) is 11.2 Å². The smallest absolute Gasteiger partial charge is 0.220 e. The third kappa shape index (κ3) is 5.42. The van der Waals surface area contributed by atoms with Crippen molar-refractivity contribution in [3.05, 3.63) is 30.1 Å². The summed E-state index contributed by atoms with van der Waals surface area (Å²) in [5.41, 5.74) is -0.263. The normalized spacial score (nSPS) is 14.1. The Balaban J connectivity index is 2.27. The molecule has 1 amide bonds. The van der Waals surface area contributed by atoms with Gasteiger partial charge in [0.15, 0.2) is 0 Å². The Labute approximate surface area is 101 Å². The molecule has 1 rings (SSSR count). The van der Waals surface area contributed by atoms with Crippen molar-refractivity contribution >= 4 is 5.91 Å². The average Bonchev–Trinajstić information content (AvgIpc) is 2.35. The van der Waals surface area contributed by atoms with E-state index in [0.29, 0.717) is 12.8 Å². The highest BCUT2D eigenvalue weighted by molar-refractivity contribution is 5.76. The topological polar surface area (TPSA) is 82.5 Å². The molecule has 0 saturated heterocycles. The van der Waals surface area contributed by atoms with Crippen molar-refractivity contribution in [2.24, 2.45) is 0 Å². The van der Waals surface area contributed by atoms with Crippen LogP contribution in [0.3, 0.4) is 0 Å². The summed E-state index contributed by atoms with van der Waals surface area (Å²) in [5, 5.41) is 20.9. The minimum Gasteiger partial charge on any atom is -0.393 e. The molecule has 5 nitrogen and oxygen atoms in total. The van der Waals surface area contributed by atoms with E-state index in [-0.39, 0.29) is 19.1 Å². The van der Waals surface area contributed by atoms with Crippen molar-refractivity contribution in [2.45, 2.75) is 25.4 Å². The zero-order chi connectivity index (χ0) is 12.7. The Bertz CT molecular complexity index is 352. The molecular formula is C12H18N2O3. The molecule has 0 saturated carbocycles. The van der Waals surface area contributed by atoms with Gasteiger partial charge in [0, 0.05) is 25.4 Å². The van der Waals surface area contributed by atoms with Crippen LogP contribution in [0.4, 0.5) is 0 Å². The molecule has 94 valence electrons. The van der Waals surface area contributed by atoms with Gasteiger partial charge in [-0.05, 0) is 25.0 Å². The van der Waals surface area contributed by atoms with Gasteiger partial charge in [0.2, 0.25) is 5.91 Å². The molecule has 0 fully saturated rings. The molecule has 0 aliphatic heterocycles. The monoisotopic (exact) mass is 238 g/mol. The Morgan fingerprint density at radius 3 is 2.94 bits per heavy atom. The van der Waals surface area contributed by atoms with Crippen LogP contribution < -0.4 is 5.32 Å². The number of carbonyl (C=O) groups excluding carboxylic acids is 1. The van der Waals surface area contributed by atoms with Crippen LogP contribution >= 0.6 is 0 Å². The van der Waals surface area contributed by atoms with Gasteiger partial charge in [-0.3, -0.25) is 9.78 Å². The van der Waals surface area contributed by atoms with Crippen LogP contribution in [0.1, 0.15) is 18.9 Å². The molecule has 1 heterocycles. The zero-order valence-corrected chi connectivity index (χ0v) is 9.89. The first-order valence-corrected chi connectivity index (χ1v) is 5.52. The summed E-state index contributed by atoms with van der Waals surface area (Å²) in [6.07, 6.45) is 4.35. The standard InChI is InChI=1S/C12H18N2O3/c1-12(17,9-15)8-14-11(16)5-4-10-3-2-6-13-7-10/h2-3,6-7,15,17H,4-5,8-9H2,1H3,(H,14,16). The Morgan fingerprint density at radius 2 is 2.35 bits per heavy atom. The molecule has 17 heavy (non-hydrogen) atoms. The van der Waals surface area contributed by atoms with Gasteiger partial charge in [-0.25, -0.2) is 0 Å². The van der Waals surface area contributed by atoms with Gasteiger partial charge < -0.3 is 15.5 Å². The van der Waals surface area contributed by atoms with Crippen molar-refractivity contribution in [1.29, 1.82) is 0 Å². The number of hydrogen-bond acceptors (Lipinski definition) is 4. The predicted octanol–water partition coefficient (Wildman–Crippen LogP) is -0.126. The number of nitrogens with one attached hydrogen (secondary N) is 1.